The Labute approximate surface area is 216 Å². The minimum Gasteiger partial charge on any atom is -0.404 e. The second-order valence-electron chi connectivity index (χ2n) is 8.35. The number of pyridine rings is 1. The van der Waals surface area contributed by atoms with Gasteiger partial charge in [-0.1, -0.05) is 30.3 Å². The Morgan fingerprint density at radius 2 is 2.03 bits per heavy atom. The number of fused-ring (bicyclic) bond motifs is 1. The Balaban J connectivity index is 1.56. The zero-order chi connectivity index (χ0) is 27.1. The Bertz CT molecular complexity index is 1510. The Hall–Kier alpha value is -4.87. The van der Waals surface area contributed by atoms with Crippen molar-refractivity contribution < 1.29 is 13.6 Å². The third-order valence-electron chi connectivity index (χ3n) is 5.73. The third kappa shape index (κ3) is 5.91. The molecule has 0 spiro atoms. The highest BCUT2D eigenvalue weighted by Gasteiger charge is 2.31. The first kappa shape index (κ1) is 26.2. The van der Waals surface area contributed by atoms with Crippen LogP contribution in [0.5, 0.6) is 0 Å². The summed E-state index contributed by atoms with van der Waals surface area (Å²) in [5.41, 5.74) is 6.89. The largest absolute Gasteiger partial charge is 0.404 e. The monoisotopic (exact) mass is 520 g/mol. The summed E-state index contributed by atoms with van der Waals surface area (Å²) >= 11 is 0. The first-order valence-electron chi connectivity index (χ1n) is 11.6. The van der Waals surface area contributed by atoms with Crippen molar-refractivity contribution in [2.45, 2.75) is 19.0 Å². The van der Waals surface area contributed by atoms with Crippen LogP contribution < -0.4 is 21.9 Å². The Kier molecular flexibility index (Phi) is 7.90. The molecule has 1 aromatic carbocycles. The second kappa shape index (κ2) is 11.5. The van der Waals surface area contributed by atoms with Crippen LogP contribution in [-0.4, -0.2) is 45.2 Å². The number of allylic oxidation sites excluding steroid dienone is 1. The summed E-state index contributed by atoms with van der Waals surface area (Å²) in [5, 5.41) is 6.08. The van der Waals surface area contributed by atoms with Crippen molar-refractivity contribution in [3.05, 3.63) is 94.6 Å². The molecule has 0 saturated carbocycles. The number of benzene rings is 1. The number of halogens is 2. The van der Waals surface area contributed by atoms with Gasteiger partial charge in [0.1, 0.15) is 6.54 Å². The molecule has 3 aromatic heterocycles. The average molecular weight is 521 g/mol. The van der Waals surface area contributed by atoms with E-state index in [0.717, 1.165) is 21.2 Å². The molecule has 0 saturated heterocycles. The van der Waals surface area contributed by atoms with Crippen molar-refractivity contribution in [1.29, 1.82) is 0 Å². The van der Waals surface area contributed by atoms with Gasteiger partial charge < -0.3 is 21.4 Å². The maximum Gasteiger partial charge on any atom is 0.294 e. The number of nitrogens with one attached hydrogen (secondary N) is 3. The normalized spacial score (nSPS) is 12.2. The summed E-state index contributed by atoms with van der Waals surface area (Å²) in [6.45, 7) is -1.10. The lowest BCUT2D eigenvalue weighted by Crippen LogP contribution is -2.36. The number of carbonyl (C=O) groups excluding carboxylic acids is 1. The van der Waals surface area contributed by atoms with E-state index >= 15 is 0 Å². The van der Waals surface area contributed by atoms with E-state index in [2.05, 4.69) is 30.6 Å². The van der Waals surface area contributed by atoms with Crippen molar-refractivity contribution in [3.8, 4) is 0 Å². The molecule has 3 heterocycles. The van der Waals surface area contributed by atoms with Crippen LogP contribution in [0.2, 0.25) is 0 Å². The number of nitrogens with two attached hydrogens (primary N) is 1. The van der Waals surface area contributed by atoms with Crippen LogP contribution in [-0.2, 0) is 23.8 Å². The lowest BCUT2D eigenvalue weighted by Gasteiger charge is -2.19. The zero-order valence-electron chi connectivity index (χ0n) is 20.5. The molecule has 12 heteroatoms. The van der Waals surface area contributed by atoms with Gasteiger partial charge >= 0.3 is 0 Å². The van der Waals surface area contributed by atoms with Crippen LogP contribution in [0.4, 0.5) is 14.6 Å². The SMILES string of the molecule is CN=C/C(=C\N)c1cnc(NCC(F)(F)c2ccccc2)c(=O)n1CC(=O)NCc1cc2cnccc2[nH]1. The molecular formula is C26H26F2N8O2. The molecule has 0 aliphatic carbocycles. The van der Waals surface area contributed by atoms with Crippen molar-refractivity contribution >= 4 is 34.4 Å². The van der Waals surface area contributed by atoms with Gasteiger partial charge in [-0.3, -0.25) is 24.1 Å². The molecule has 0 bridgehead atoms. The number of amides is 1. The van der Waals surface area contributed by atoms with E-state index in [4.69, 9.17) is 5.73 Å². The molecule has 196 valence electrons. The quantitative estimate of drug-likeness (QED) is 0.237. The number of hydrogen-bond acceptors (Lipinski definition) is 7. The minimum absolute atomic E-state index is 0.174. The fourth-order valence-electron chi connectivity index (χ4n) is 3.83. The maximum absolute atomic E-state index is 14.7. The van der Waals surface area contributed by atoms with E-state index in [1.54, 1.807) is 18.5 Å². The smallest absolute Gasteiger partial charge is 0.294 e. The number of hydrogen-bond donors (Lipinski definition) is 4. The second-order valence-corrected chi connectivity index (χ2v) is 8.35. The van der Waals surface area contributed by atoms with Gasteiger partial charge in [-0.15, -0.1) is 0 Å². The van der Waals surface area contributed by atoms with Gasteiger partial charge in [-0.2, -0.15) is 8.78 Å². The number of H-pyrrole nitrogens is 1. The summed E-state index contributed by atoms with van der Waals surface area (Å²) in [6.07, 6.45) is 7.25. The predicted octanol–water partition coefficient (Wildman–Crippen LogP) is 2.64. The van der Waals surface area contributed by atoms with Gasteiger partial charge in [0.25, 0.3) is 11.5 Å². The van der Waals surface area contributed by atoms with E-state index < -0.39 is 30.5 Å². The van der Waals surface area contributed by atoms with Crippen LogP contribution in [0.15, 0.2) is 77.0 Å². The van der Waals surface area contributed by atoms with Crippen LogP contribution in [0.1, 0.15) is 17.0 Å². The molecule has 4 aromatic rings. The van der Waals surface area contributed by atoms with Crippen molar-refractivity contribution in [1.82, 2.24) is 24.8 Å². The molecule has 10 nitrogen and oxygen atoms in total. The van der Waals surface area contributed by atoms with E-state index in [1.807, 2.05) is 12.1 Å². The van der Waals surface area contributed by atoms with E-state index in [0.29, 0.717) is 5.57 Å². The molecule has 0 aliphatic rings. The zero-order valence-corrected chi connectivity index (χ0v) is 20.5. The lowest BCUT2D eigenvalue weighted by molar-refractivity contribution is -0.121. The third-order valence-corrected chi connectivity index (χ3v) is 5.73. The van der Waals surface area contributed by atoms with Crippen LogP contribution in [0, 0.1) is 0 Å². The molecule has 38 heavy (non-hydrogen) atoms. The van der Waals surface area contributed by atoms with Crippen molar-refractivity contribution in [3.63, 3.8) is 0 Å². The lowest BCUT2D eigenvalue weighted by atomic mass is 10.1. The first-order valence-corrected chi connectivity index (χ1v) is 11.6. The molecule has 0 radical (unpaired) electrons. The molecule has 0 unspecified atom stereocenters. The van der Waals surface area contributed by atoms with Gasteiger partial charge in [0.15, 0.2) is 5.82 Å². The predicted molar refractivity (Wildman–Crippen MR) is 142 cm³/mol. The fraction of sp³-hybridized carbons (Fsp3) is 0.192. The molecule has 1 amide bonds. The molecule has 0 atom stereocenters. The number of aromatic nitrogens is 4. The van der Waals surface area contributed by atoms with Crippen LogP contribution in [0.3, 0.4) is 0 Å². The molecule has 4 rings (SSSR count). The van der Waals surface area contributed by atoms with Gasteiger partial charge in [0.2, 0.25) is 5.91 Å². The van der Waals surface area contributed by atoms with E-state index in [-0.39, 0.29) is 23.6 Å². The standard InChI is InChI=1S/C26H26F2N8O2/c1-30-11-18(10-29)22-14-33-24(34-16-26(27,28)19-5-3-2-4-6-19)25(38)36(22)15-23(37)32-13-20-9-17-12-31-8-7-21(17)35-20/h2-12,14,35H,13,15-16,29H2,1H3,(H,32,37)(H,33,34)/b18-10+,30-11?. The fourth-order valence-corrected chi connectivity index (χ4v) is 3.83. The summed E-state index contributed by atoms with van der Waals surface area (Å²) in [4.78, 5) is 41.3. The number of nitrogens with zero attached hydrogens (tertiary/aromatic N) is 4. The van der Waals surface area contributed by atoms with Gasteiger partial charge in [-0.25, -0.2) is 4.98 Å². The number of aliphatic imine (C=N–C) groups is 1. The van der Waals surface area contributed by atoms with Crippen molar-refractivity contribution in [2.24, 2.45) is 10.7 Å². The summed E-state index contributed by atoms with van der Waals surface area (Å²) in [6, 6.07) is 10.9. The maximum atomic E-state index is 14.7. The molecular weight excluding hydrogens is 494 g/mol. The Morgan fingerprint density at radius 1 is 1.24 bits per heavy atom. The van der Waals surface area contributed by atoms with Crippen LogP contribution >= 0.6 is 0 Å². The van der Waals surface area contributed by atoms with Crippen LogP contribution in [0.25, 0.3) is 16.5 Å². The summed E-state index contributed by atoms with van der Waals surface area (Å²) in [5.74, 6) is -4.07. The van der Waals surface area contributed by atoms with E-state index in [9.17, 15) is 18.4 Å². The van der Waals surface area contributed by atoms with Gasteiger partial charge in [-0.05, 0) is 12.1 Å². The number of carbonyl (C=O) groups is 1. The number of anilines is 1. The highest BCUT2D eigenvalue weighted by atomic mass is 19.3. The van der Waals surface area contributed by atoms with Gasteiger partial charge in [0.05, 0.1) is 25.0 Å². The minimum atomic E-state index is -3.26. The topological polar surface area (TPSA) is 143 Å². The highest BCUT2D eigenvalue weighted by molar-refractivity contribution is 6.08. The molecule has 0 aliphatic heterocycles. The molecule has 5 N–H and O–H groups in total. The van der Waals surface area contributed by atoms with Gasteiger partial charge in [0, 0.05) is 59.6 Å². The number of alkyl halides is 2. The average Bonchev–Trinajstić information content (AvgIpc) is 3.35. The number of aromatic amines is 1. The number of rotatable bonds is 10. The Morgan fingerprint density at radius 3 is 2.74 bits per heavy atom. The highest BCUT2D eigenvalue weighted by Crippen LogP contribution is 2.27. The summed E-state index contributed by atoms with van der Waals surface area (Å²) in [7, 11) is 1.52. The van der Waals surface area contributed by atoms with Crippen molar-refractivity contribution in [2.75, 3.05) is 18.9 Å². The molecule has 0 fully saturated rings. The van der Waals surface area contributed by atoms with E-state index in [1.165, 1.54) is 49.9 Å². The summed E-state index contributed by atoms with van der Waals surface area (Å²) < 4.78 is 30.5. The first-order chi connectivity index (χ1) is 18.3.